The summed E-state index contributed by atoms with van der Waals surface area (Å²) in [6.07, 6.45) is -4.21. The maximum absolute atomic E-state index is 17.2. The number of fused-ring (bicyclic) bond motifs is 2. The van der Waals surface area contributed by atoms with Crippen LogP contribution in [0.4, 0.5) is 35.9 Å². The van der Waals surface area contributed by atoms with Crippen LogP contribution in [-0.4, -0.2) is 87.4 Å². The summed E-state index contributed by atoms with van der Waals surface area (Å²) in [7, 11) is 0. The van der Waals surface area contributed by atoms with Crippen LogP contribution in [0.3, 0.4) is 0 Å². The number of nitrogens with zero attached hydrogens (tertiary/aromatic N) is 4. The number of esters is 4. The van der Waals surface area contributed by atoms with Crippen molar-refractivity contribution in [3.05, 3.63) is 312 Å². The lowest BCUT2D eigenvalue weighted by Gasteiger charge is -2.38. The lowest BCUT2D eigenvalue weighted by atomic mass is 9.80. The standard InChI is InChI=1S/C112H101F3N4O18/c1-22-80(106(128)116(68-39-27-60(6)82(51-68)134-90(120)23-2)69-40-28-61(7)83(52-69)135-91(121)24-3)118-102(124)76-55-86(130-72-43-31-64(32-44-72)108(10,11)12)96-98-88(132-74-47-35-66(36-48-74)110(16,17)18)57-78-95-79(105(127)119(104(78)126)81(59-112(113,114)115)107(129)117(70-41-29-62(8)84(53-70)136-92(122)25-4)71-42-30-63(9)85(54-71)137-93(123)26-5)58-89(133-75-49-37-67(38-50-75)111(19,20)21)99(101(95)98)97-87(56-77(103(118)125)94(76)100(96)97)131-73-45-33-65(34-46-73)109(13,14)15/h23-58,80-81H,2-5,22,59H2,1,6-21H3. The van der Waals surface area contributed by atoms with E-state index in [-0.39, 0.29) is 157 Å². The highest BCUT2D eigenvalue weighted by Gasteiger charge is 2.51. The van der Waals surface area contributed by atoms with Crippen molar-refractivity contribution < 1.29 is 99.0 Å². The van der Waals surface area contributed by atoms with Crippen LogP contribution in [0.15, 0.2) is 245 Å². The first-order valence-corrected chi connectivity index (χ1v) is 44.4. The van der Waals surface area contributed by atoms with Gasteiger partial charge < -0.3 is 37.9 Å². The lowest BCUT2D eigenvalue weighted by molar-refractivity contribution is -0.152. The third kappa shape index (κ3) is 18.8. The normalized spacial score (nSPS) is 13.3. The minimum absolute atomic E-state index is 0.00497. The number of alkyl halides is 3. The fourth-order valence-corrected chi connectivity index (χ4v) is 17.1. The zero-order chi connectivity index (χ0) is 99.0. The monoisotopic (exact) mass is 1850 g/mol. The summed E-state index contributed by atoms with van der Waals surface area (Å²) in [5.74, 6) is -11.6. The van der Waals surface area contributed by atoms with Crippen LogP contribution < -0.4 is 47.7 Å². The van der Waals surface area contributed by atoms with E-state index in [9.17, 15) is 19.2 Å². The molecule has 2 unspecified atom stereocenters. The first kappa shape index (κ1) is 95.8. The zero-order valence-electron chi connectivity index (χ0n) is 79.0. The number of imide groups is 2. The first-order valence-electron chi connectivity index (χ1n) is 44.4. The van der Waals surface area contributed by atoms with E-state index < -0.39 is 117 Å². The summed E-state index contributed by atoms with van der Waals surface area (Å²) in [5.41, 5.74) is 1.36. The molecule has 0 saturated heterocycles. The average Bonchev–Trinajstić information content (AvgIpc) is 0.668. The van der Waals surface area contributed by atoms with Gasteiger partial charge in [-0.3, -0.25) is 48.4 Å². The average molecular weight is 1850 g/mol. The quantitative estimate of drug-likeness (QED) is 0.0122. The third-order valence-electron chi connectivity index (χ3n) is 24.4. The van der Waals surface area contributed by atoms with Crippen LogP contribution in [0.1, 0.15) is 189 Å². The van der Waals surface area contributed by atoms with Gasteiger partial charge in [-0.1, -0.05) is 189 Å². The number of ether oxygens (including phenoxy) is 8. The molecule has 0 aromatic heterocycles. The number of hydrogen-bond acceptors (Lipinski definition) is 18. The van der Waals surface area contributed by atoms with Gasteiger partial charge in [0.2, 0.25) is 0 Å². The van der Waals surface area contributed by atoms with Gasteiger partial charge in [0.05, 0.1) is 51.4 Å². The summed E-state index contributed by atoms with van der Waals surface area (Å²) in [6.45, 7) is 46.4. The Balaban J connectivity index is 1.08. The van der Waals surface area contributed by atoms with Crippen molar-refractivity contribution in [1.29, 1.82) is 0 Å². The van der Waals surface area contributed by atoms with Gasteiger partial charge in [0.25, 0.3) is 35.4 Å². The van der Waals surface area contributed by atoms with Crippen molar-refractivity contribution in [2.45, 2.75) is 170 Å². The molecule has 0 spiro atoms. The molecule has 0 N–H and O–H groups in total. The Morgan fingerprint density at radius 2 is 0.533 bits per heavy atom. The van der Waals surface area contributed by atoms with Gasteiger partial charge in [0, 0.05) is 91.7 Å². The van der Waals surface area contributed by atoms with Gasteiger partial charge in [-0.15, -0.1) is 0 Å². The second kappa shape index (κ2) is 36.5. The van der Waals surface area contributed by atoms with Crippen molar-refractivity contribution in [2.24, 2.45) is 0 Å². The van der Waals surface area contributed by atoms with Gasteiger partial charge in [-0.2, -0.15) is 13.2 Å². The molecule has 137 heavy (non-hydrogen) atoms. The number of amides is 6. The zero-order valence-corrected chi connectivity index (χ0v) is 79.0. The van der Waals surface area contributed by atoms with Crippen LogP contribution >= 0.6 is 0 Å². The molecule has 15 rings (SSSR count). The topological polar surface area (TPSA) is 258 Å². The van der Waals surface area contributed by atoms with Crippen LogP contribution in [0.25, 0.3) is 43.1 Å². The highest BCUT2D eigenvalue weighted by molar-refractivity contribution is 6.45. The highest BCUT2D eigenvalue weighted by atomic mass is 19.4. The summed E-state index contributed by atoms with van der Waals surface area (Å²) in [5, 5.41) is -0.300. The smallest absolute Gasteiger partial charge is 0.391 e. The second-order valence-corrected chi connectivity index (χ2v) is 38.1. The molecule has 25 heteroatoms. The van der Waals surface area contributed by atoms with Crippen LogP contribution in [0.5, 0.6) is 69.0 Å². The fourth-order valence-electron chi connectivity index (χ4n) is 17.1. The molecule has 0 fully saturated rings. The van der Waals surface area contributed by atoms with E-state index in [4.69, 9.17) is 37.9 Å². The predicted octanol–water partition coefficient (Wildman–Crippen LogP) is 25.7. The molecule has 0 bridgehead atoms. The Hall–Kier alpha value is -15.8. The molecular weight excluding hydrogens is 1750 g/mol. The molecule has 6 amide bonds. The molecule has 2 atom stereocenters. The van der Waals surface area contributed by atoms with Gasteiger partial charge in [0.1, 0.15) is 81.1 Å². The molecule has 13 aromatic carbocycles. The molecule has 698 valence electrons. The van der Waals surface area contributed by atoms with E-state index in [0.29, 0.717) is 22.3 Å². The SMILES string of the molecule is C=CC(=O)Oc1cc(N(C(=O)C(CC)N2C(=O)c3cc(Oc4ccc(C(C)(C)C)cc4)c4c5c(Oc6ccc(C(C)(C)C)cc6)cc6c7c(cc(Oc8ccc(C(C)(C)C)cc8)c(c8c(Oc9ccc(C(C)(C)C)cc9)cc(c3c48)C2=O)c75)C(=O)N(C(CC(F)(F)F)C(=O)N(c2ccc(C)c(OC(=O)C=C)c2)c2ccc(C)c(OC(=O)C=C)c2)C6=O)c2ccc(C)c(OC(=O)C=C)c2)ccc1C. The number of benzene rings is 13. The Labute approximate surface area is 790 Å². The summed E-state index contributed by atoms with van der Waals surface area (Å²) in [4.78, 5) is 157. The third-order valence-corrected chi connectivity index (χ3v) is 24.4. The van der Waals surface area contributed by atoms with Crippen molar-refractivity contribution >= 4 is 125 Å². The first-order chi connectivity index (χ1) is 64.6. The van der Waals surface area contributed by atoms with Crippen LogP contribution in [-0.2, 0) is 50.4 Å². The van der Waals surface area contributed by atoms with Gasteiger partial charge in [0.15, 0.2) is 0 Å². The molecule has 0 saturated carbocycles. The molecule has 2 heterocycles. The number of anilines is 4. The number of carbonyl (C=O) groups is 10. The number of hydrogen-bond donors (Lipinski definition) is 0. The van der Waals surface area contributed by atoms with Crippen molar-refractivity contribution in [1.82, 2.24) is 9.80 Å². The Morgan fingerprint density at radius 3 is 0.737 bits per heavy atom. The number of rotatable bonds is 26. The summed E-state index contributed by atoms with van der Waals surface area (Å²) in [6, 6.07) is 46.0. The molecule has 13 aromatic rings. The highest BCUT2D eigenvalue weighted by Crippen LogP contribution is 2.59. The summed E-state index contributed by atoms with van der Waals surface area (Å²) < 4.78 is 102. The van der Waals surface area contributed by atoms with Gasteiger partial charge in [-0.05, 0) is 197 Å². The largest absolute Gasteiger partial charge is 0.457 e. The number of halogens is 3. The Kier molecular flexibility index (Phi) is 25.6. The molecule has 22 nitrogen and oxygen atoms in total. The van der Waals surface area contributed by atoms with E-state index in [1.807, 2.05) is 132 Å². The second-order valence-electron chi connectivity index (χ2n) is 38.1. The summed E-state index contributed by atoms with van der Waals surface area (Å²) >= 11 is 0. The molecular formula is C112H101F3N4O18. The number of aryl methyl sites for hydroxylation is 4. The van der Waals surface area contributed by atoms with E-state index in [2.05, 4.69) is 26.3 Å². The minimum atomic E-state index is -5.40. The van der Waals surface area contributed by atoms with Crippen molar-refractivity contribution in [3.8, 4) is 69.0 Å². The number of carbonyl (C=O) groups excluding carboxylic acids is 10. The Morgan fingerprint density at radius 1 is 0.314 bits per heavy atom. The van der Waals surface area contributed by atoms with Gasteiger partial charge in [-0.25, -0.2) is 19.2 Å². The molecule has 2 aliphatic rings. The van der Waals surface area contributed by atoms with Crippen molar-refractivity contribution in [3.63, 3.8) is 0 Å². The van der Waals surface area contributed by atoms with Crippen molar-refractivity contribution in [2.75, 3.05) is 9.80 Å². The minimum Gasteiger partial charge on any atom is -0.457 e. The fraction of sp³-hybridized carbons (Fsp3) is 0.232. The Bertz CT molecular complexity index is 6860. The van der Waals surface area contributed by atoms with Crippen LogP contribution in [0, 0.1) is 27.7 Å². The lowest BCUT2D eigenvalue weighted by Crippen LogP contribution is -2.55. The van der Waals surface area contributed by atoms with Gasteiger partial charge >= 0.3 is 30.1 Å². The maximum Gasteiger partial charge on any atom is 0.391 e. The van der Waals surface area contributed by atoms with E-state index >= 15 is 41.9 Å². The van der Waals surface area contributed by atoms with E-state index in [1.54, 1.807) is 107 Å². The maximum atomic E-state index is 17.2. The molecule has 0 radical (unpaired) electrons. The predicted molar refractivity (Wildman–Crippen MR) is 520 cm³/mol. The molecule has 0 aliphatic carbocycles. The molecule has 2 aliphatic heterocycles. The van der Waals surface area contributed by atoms with Crippen LogP contribution in [0.2, 0.25) is 0 Å². The van der Waals surface area contributed by atoms with E-state index in [1.165, 1.54) is 77.7 Å². The van der Waals surface area contributed by atoms with E-state index in [0.717, 1.165) is 56.4 Å².